The van der Waals surface area contributed by atoms with E-state index in [1.165, 1.54) is 57.3 Å². The number of thioether (sulfide) groups is 2. The third-order valence-corrected chi connectivity index (χ3v) is 10.3. The van der Waals surface area contributed by atoms with E-state index in [0.717, 1.165) is 31.2 Å². The quantitative estimate of drug-likeness (QED) is 0.160. The number of hydrogen-bond donors (Lipinski definition) is 2. The molecule has 1 aliphatic rings. The van der Waals surface area contributed by atoms with E-state index in [1.807, 2.05) is 62.4 Å². The van der Waals surface area contributed by atoms with Gasteiger partial charge in [-0.1, -0.05) is 82.3 Å². The lowest BCUT2D eigenvalue weighted by atomic mass is 10.2. The predicted octanol–water partition coefficient (Wildman–Crippen LogP) is 5.25. The Hall–Kier alpha value is -2.97. The Morgan fingerprint density at radius 3 is 1.58 bits per heavy atom. The number of carbonyl (C=O) groups excluding carboxylic acids is 2. The molecule has 5 rings (SSSR count). The van der Waals surface area contributed by atoms with Gasteiger partial charge in [0.25, 0.3) is 11.8 Å². The molecule has 1 saturated heterocycles. The van der Waals surface area contributed by atoms with Crippen molar-refractivity contribution in [2.24, 2.45) is 0 Å². The van der Waals surface area contributed by atoms with Crippen molar-refractivity contribution in [3.05, 3.63) is 79.5 Å². The maximum atomic E-state index is 12.7. The molecule has 0 saturated carbocycles. The maximum absolute atomic E-state index is 12.7. The minimum absolute atomic E-state index is 0.00294. The standard InChI is InChI=1S/C25H20N6O2S5/c1-13-3-7-15(8-4-13)22-30-28-17(37-22)11-35-24(19-20(32)26-25(34)27-21(19)33)36-12-18-29-31-23(38-18)16-9-5-14(2)6-10-16/h3-10H,11-12H2,1-2H3,(H2,26,27,32,33,34). The van der Waals surface area contributed by atoms with Gasteiger partial charge in [0.1, 0.15) is 25.6 Å². The Morgan fingerprint density at radius 2 is 1.16 bits per heavy atom. The molecule has 3 heterocycles. The predicted molar refractivity (Wildman–Crippen MR) is 159 cm³/mol. The summed E-state index contributed by atoms with van der Waals surface area (Å²) in [4.78, 5) is 25.4. The molecule has 38 heavy (non-hydrogen) atoms. The number of aromatic nitrogens is 4. The zero-order valence-electron chi connectivity index (χ0n) is 20.2. The molecule has 192 valence electrons. The third-order valence-electron chi connectivity index (χ3n) is 5.30. The SMILES string of the molecule is Cc1ccc(-c2nnc(CSC(SCc3nnc(-c4ccc(C)cc4)s3)=C3C(=O)NC(=S)NC3=O)s2)cc1. The molecule has 0 spiro atoms. The minimum Gasteiger partial charge on any atom is -0.298 e. The van der Waals surface area contributed by atoms with Gasteiger partial charge in [-0.25, -0.2) is 0 Å². The van der Waals surface area contributed by atoms with Gasteiger partial charge < -0.3 is 0 Å². The van der Waals surface area contributed by atoms with Crippen molar-refractivity contribution in [2.45, 2.75) is 25.4 Å². The Labute approximate surface area is 240 Å². The first-order valence-electron chi connectivity index (χ1n) is 11.3. The Bertz CT molecular complexity index is 1430. The monoisotopic (exact) mass is 596 g/mol. The lowest BCUT2D eigenvalue weighted by Crippen LogP contribution is -2.51. The van der Waals surface area contributed by atoms with E-state index in [9.17, 15) is 9.59 Å². The van der Waals surface area contributed by atoms with Crippen LogP contribution in [0.25, 0.3) is 21.1 Å². The van der Waals surface area contributed by atoms with E-state index in [2.05, 4.69) is 31.0 Å². The number of nitrogens with one attached hydrogen (secondary N) is 2. The molecule has 0 aliphatic carbocycles. The van der Waals surface area contributed by atoms with Crippen LogP contribution in [0.2, 0.25) is 0 Å². The summed E-state index contributed by atoms with van der Waals surface area (Å²) in [5.41, 5.74) is 4.37. The molecule has 0 atom stereocenters. The van der Waals surface area contributed by atoms with Crippen LogP contribution in [0.1, 0.15) is 21.1 Å². The number of hydrogen-bond acceptors (Lipinski definition) is 11. The van der Waals surface area contributed by atoms with Crippen molar-refractivity contribution in [1.29, 1.82) is 0 Å². The van der Waals surface area contributed by atoms with Gasteiger partial charge in [-0.3, -0.25) is 20.2 Å². The molecule has 0 radical (unpaired) electrons. The van der Waals surface area contributed by atoms with Crippen molar-refractivity contribution < 1.29 is 9.59 Å². The second kappa shape index (κ2) is 11.8. The molecule has 2 amide bonds. The van der Waals surface area contributed by atoms with Crippen LogP contribution in [-0.4, -0.2) is 37.3 Å². The smallest absolute Gasteiger partial charge is 0.264 e. The Balaban J connectivity index is 1.33. The summed E-state index contributed by atoms with van der Waals surface area (Å²) in [6.45, 7) is 4.07. The molecule has 8 nitrogen and oxygen atoms in total. The zero-order valence-corrected chi connectivity index (χ0v) is 24.3. The highest BCUT2D eigenvalue weighted by atomic mass is 32.2. The number of aryl methyl sites for hydroxylation is 2. The number of nitrogens with zero attached hydrogens (tertiary/aromatic N) is 4. The number of amides is 2. The molecule has 4 aromatic rings. The van der Waals surface area contributed by atoms with E-state index in [-0.39, 0.29) is 10.7 Å². The van der Waals surface area contributed by atoms with E-state index in [4.69, 9.17) is 12.2 Å². The number of benzene rings is 2. The van der Waals surface area contributed by atoms with Gasteiger partial charge in [-0.05, 0) is 26.1 Å². The van der Waals surface area contributed by atoms with E-state index >= 15 is 0 Å². The molecular formula is C25H20N6O2S5. The number of rotatable bonds is 8. The minimum atomic E-state index is -0.524. The van der Waals surface area contributed by atoms with Gasteiger partial charge in [0.15, 0.2) is 5.11 Å². The molecule has 2 aromatic heterocycles. The lowest BCUT2D eigenvalue weighted by Gasteiger charge is -2.19. The van der Waals surface area contributed by atoms with Crippen molar-refractivity contribution in [3.63, 3.8) is 0 Å². The van der Waals surface area contributed by atoms with Gasteiger partial charge in [0, 0.05) is 11.1 Å². The van der Waals surface area contributed by atoms with Crippen LogP contribution in [-0.2, 0) is 21.1 Å². The number of carbonyl (C=O) groups is 2. The van der Waals surface area contributed by atoms with Gasteiger partial charge >= 0.3 is 0 Å². The summed E-state index contributed by atoms with van der Waals surface area (Å²) in [5.74, 6) is -0.149. The highest BCUT2D eigenvalue weighted by molar-refractivity contribution is 8.21. The first kappa shape index (κ1) is 26.6. The molecule has 2 N–H and O–H groups in total. The number of thiocarbonyl (C=S) groups is 1. The van der Waals surface area contributed by atoms with E-state index in [1.54, 1.807) is 0 Å². The topological polar surface area (TPSA) is 110 Å². The van der Waals surface area contributed by atoms with Gasteiger partial charge in [0.2, 0.25) is 0 Å². The van der Waals surface area contributed by atoms with Crippen molar-refractivity contribution >= 4 is 75.3 Å². The fourth-order valence-electron chi connectivity index (χ4n) is 3.34. The summed E-state index contributed by atoms with van der Waals surface area (Å²) < 4.78 is 0.557. The zero-order chi connectivity index (χ0) is 26.6. The van der Waals surface area contributed by atoms with Crippen molar-refractivity contribution in [2.75, 3.05) is 0 Å². The first-order chi connectivity index (χ1) is 18.4. The van der Waals surface area contributed by atoms with Gasteiger partial charge in [-0.15, -0.1) is 43.9 Å². The summed E-state index contributed by atoms with van der Waals surface area (Å²) >= 11 is 10.7. The summed E-state index contributed by atoms with van der Waals surface area (Å²) in [6, 6.07) is 16.2. The van der Waals surface area contributed by atoms with Crippen LogP contribution < -0.4 is 10.6 Å². The Kier molecular flexibility index (Phi) is 8.29. The molecule has 2 aromatic carbocycles. The summed E-state index contributed by atoms with van der Waals surface area (Å²) in [5, 5.41) is 25.5. The molecule has 0 unspecified atom stereocenters. The second-order valence-electron chi connectivity index (χ2n) is 8.21. The van der Waals surface area contributed by atoms with Crippen LogP contribution in [0.5, 0.6) is 0 Å². The van der Waals surface area contributed by atoms with Crippen LogP contribution in [0.4, 0.5) is 0 Å². The maximum Gasteiger partial charge on any atom is 0.264 e. The normalized spacial score (nSPS) is 13.4. The largest absolute Gasteiger partial charge is 0.298 e. The molecule has 0 bridgehead atoms. The van der Waals surface area contributed by atoms with Crippen LogP contribution in [0.3, 0.4) is 0 Å². The average molecular weight is 597 g/mol. The third kappa shape index (κ3) is 6.35. The first-order valence-corrected chi connectivity index (χ1v) is 15.3. The van der Waals surface area contributed by atoms with Crippen LogP contribution in [0.15, 0.2) is 58.3 Å². The van der Waals surface area contributed by atoms with E-state index in [0.29, 0.717) is 15.7 Å². The van der Waals surface area contributed by atoms with E-state index < -0.39 is 11.8 Å². The van der Waals surface area contributed by atoms with Crippen molar-refractivity contribution in [3.8, 4) is 21.1 Å². The Morgan fingerprint density at radius 1 is 0.737 bits per heavy atom. The summed E-state index contributed by atoms with van der Waals surface area (Å²) in [6.07, 6.45) is 0. The van der Waals surface area contributed by atoms with Crippen molar-refractivity contribution in [1.82, 2.24) is 31.0 Å². The summed E-state index contributed by atoms with van der Waals surface area (Å²) in [7, 11) is 0. The molecule has 13 heteroatoms. The molecule has 1 aliphatic heterocycles. The highest BCUT2D eigenvalue weighted by Crippen LogP contribution is 2.39. The van der Waals surface area contributed by atoms with Gasteiger partial charge in [-0.2, -0.15) is 0 Å². The second-order valence-corrected chi connectivity index (χ2v) is 13.0. The van der Waals surface area contributed by atoms with Crippen LogP contribution >= 0.6 is 58.4 Å². The lowest BCUT2D eigenvalue weighted by molar-refractivity contribution is -0.123. The fourth-order valence-corrected chi connectivity index (χ4v) is 7.60. The fraction of sp³-hybridized carbons (Fsp3) is 0.160. The molecular weight excluding hydrogens is 577 g/mol. The average Bonchev–Trinajstić information content (AvgIpc) is 3.56. The molecule has 1 fully saturated rings. The highest BCUT2D eigenvalue weighted by Gasteiger charge is 2.30. The van der Waals surface area contributed by atoms with Gasteiger partial charge in [0.05, 0.1) is 15.7 Å². The van der Waals surface area contributed by atoms with Crippen LogP contribution in [0, 0.1) is 13.8 Å².